The van der Waals surface area contributed by atoms with Crippen molar-refractivity contribution in [3.8, 4) is 0 Å². The molecule has 1 aliphatic rings. The van der Waals surface area contributed by atoms with E-state index in [1.807, 2.05) is 14.1 Å². The van der Waals surface area contributed by atoms with Crippen LogP contribution in [-0.2, 0) is 4.79 Å². The van der Waals surface area contributed by atoms with E-state index in [1.54, 1.807) is 0 Å². The first-order valence-electron chi connectivity index (χ1n) is 6.59. The quantitative estimate of drug-likeness (QED) is 0.694. The molecular formula is C13H26N2O2. The van der Waals surface area contributed by atoms with Crippen molar-refractivity contribution in [3.63, 3.8) is 0 Å². The summed E-state index contributed by atoms with van der Waals surface area (Å²) >= 11 is 0. The molecule has 0 heterocycles. The summed E-state index contributed by atoms with van der Waals surface area (Å²) in [5.74, 6) is 0.000281. The molecule has 0 bridgehead atoms. The molecule has 1 rings (SSSR count). The predicted octanol–water partition coefficient (Wildman–Crippen LogP) is 1.56. The third-order valence-corrected chi connectivity index (χ3v) is 3.78. The van der Waals surface area contributed by atoms with Crippen LogP contribution in [0.2, 0.25) is 0 Å². The third-order valence-electron chi connectivity index (χ3n) is 3.78. The average molecular weight is 242 g/mol. The maximum atomic E-state index is 11.4. The van der Waals surface area contributed by atoms with E-state index in [1.165, 1.54) is 0 Å². The molecule has 0 amide bonds. The molecule has 1 fully saturated rings. The number of nitrogens with one attached hydrogen (secondary N) is 1. The summed E-state index contributed by atoms with van der Waals surface area (Å²) in [6, 6.07) is 0. The van der Waals surface area contributed by atoms with Crippen LogP contribution >= 0.6 is 0 Å². The van der Waals surface area contributed by atoms with Crippen LogP contribution in [0.5, 0.6) is 0 Å². The molecule has 0 aromatic carbocycles. The predicted molar refractivity (Wildman–Crippen MR) is 69.2 cm³/mol. The van der Waals surface area contributed by atoms with Gasteiger partial charge in [-0.3, -0.25) is 4.79 Å². The van der Waals surface area contributed by atoms with Crippen molar-refractivity contribution in [1.82, 2.24) is 10.2 Å². The second-order valence-corrected chi connectivity index (χ2v) is 5.65. The lowest BCUT2D eigenvalue weighted by molar-refractivity contribution is -0.146. The van der Waals surface area contributed by atoms with Gasteiger partial charge in [0.15, 0.2) is 0 Å². The van der Waals surface area contributed by atoms with Crippen molar-refractivity contribution in [1.29, 1.82) is 0 Å². The number of nitrogens with zero attached hydrogens (tertiary/aromatic N) is 1. The molecule has 0 aromatic heterocycles. The summed E-state index contributed by atoms with van der Waals surface area (Å²) in [4.78, 5) is 13.6. The minimum Gasteiger partial charge on any atom is -0.480 e. The first-order chi connectivity index (χ1) is 7.96. The SMILES string of the molecule is CC1CCC(NCCCN(C)C)(C(=O)O)CC1. The van der Waals surface area contributed by atoms with Crippen molar-refractivity contribution in [2.75, 3.05) is 27.2 Å². The van der Waals surface area contributed by atoms with Gasteiger partial charge < -0.3 is 15.3 Å². The minimum atomic E-state index is -0.672. The lowest BCUT2D eigenvalue weighted by Crippen LogP contribution is -2.54. The number of rotatable bonds is 6. The van der Waals surface area contributed by atoms with Gasteiger partial charge in [0.1, 0.15) is 5.54 Å². The lowest BCUT2D eigenvalue weighted by Gasteiger charge is -2.36. The van der Waals surface area contributed by atoms with Gasteiger partial charge in [-0.15, -0.1) is 0 Å². The summed E-state index contributed by atoms with van der Waals surface area (Å²) in [6.45, 7) is 4.00. The number of hydrogen-bond donors (Lipinski definition) is 2. The van der Waals surface area contributed by atoms with Gasteiger partial charge in [0.05, 0.1) is 0 Å². The fourth-order valence-corrected chi connectivity index (χ4v) is 2.44. The van der Waals surface area contributed by atoms with Crippen molar-refractivity contribution in [2.24, 2.45) is 5.92 Å². The van der Waals surface area contributed by atoms with E-state index in [0.717, 1.165) is 45.2 Å². The number of carbonyl (C=O) groups is 1. The average Bonchev–Trinajstić information content (AvgIpc) is 2.26. The highest BCUT2D eigenvalue weighted by Gasteiger charge is 2.40. The third kappa shape index (κ3) is 4.28. The topological polar surface area (TPSA) is 52.6 Å². The summed E-state index contributed by atoms with van der Waals surface area (Å²) in [6.07, 6.45) is 4.58. The lowest BCUT2D eigenvalue weighted by atomic mass is 9.77. The largest absolute Gasteiger partial charge is 0.480 e. The highest BCUT2D eigenvalue weighted by molar-refractivity contribution is 5.78. The summed E-state index contributed by atoms with van der Waals surface area (Å²) in [5.41, 5.74) is -0.654. The van der Waals surface area contributed by atoms with Gasteiger partial charge in [-0.2, -0.15) is 0 Å². The van der Waals surface area contributed by atoms with Crippen LogP contribution < -0.4 is 5.32 Å². The zero-order valence-electron chi connectivity index (χ0n) is 11.3. The number of hydrogen-bond acceptors (Lipinski definition) is 3. The monoisotopic (exact) mass is 242 g/mol. The van der Waals surface area contributed by atoms with Gasteiger partial charge in [0.2, 0.25) is 0 Å². The normalized spacial score (nSPS) is 29.5. The molecule has 0 aliphatic heterocycles. The van der Waals surface area contributed by atoms with E-state index >= 15 is 0 Å². The van der Waals surface area contributed by atoms with E-state index in [-0.39, 0.29) is 0 Å². The first-order valence-corrected chi connectivity index (χ1v) is 6.59. The molecule has 4 nitrogen and oxygen atoms in total. The zero-order chi connectivity index (χ0) is 12.9. The number of carboxylic acid groups (broad SMARTS) is 1. The molecule has 0 aromatic rings. The molecule has 0 saturated heterocycles. The van der Waals surface area contributed by atoms with Gasteiger partial charge in [0, 0.05) is 0 Å². The molecule has 4 heteroatoms. The maximum Gasteiger partial charge on any atom is 0.323 e. The van der Waals surface area contributed by atoms with Crippen LogP contribution in [0, 0.1) is 5.92 Å². The van der Waals surface area contributed by atoms with Gasteiger partial charge in [-0.1, -0.05) is 6.92 Å². The van der Waals surface area contributed by atoms with E-state index < -0.39 is 11.5 Å². The van der Waals surface area contributed by atoms with Crippen LogP contribution in [0.1, 0.15) is 39.0 Å². The minimum absolute atomic E-state index is 0.654. The summed E-state index contributed by atoms with van der Waals surface area (Å²) < 4.78 is 0. The van der Waals surface area contributed by atoms with E-state index in [2.05, 4.69) is 17.1 Å². The van der Waals surface area contributed by atoms with Crippen LogP contribution in [0.3, 0.4) is 0 Å². The zero-order valence-corrected chi connectivity index (χ0v) is 11.3. The Balaban J connectivity index is 2.41. The Morgan fingerprint density at radius 1 is 1.41 bits per heavy atom. The molecule has 1 aliphatic carbocycles. The first kappa shape index (κ1) is 14.5. The summed E-state index contributed by atoms with van der Waals surface area (Å²) in [5, 5.41) is 12.7. The Labute approximate surface area is 104 Å². The Bertz CT molecular complexity index is 246. The highest BCUT2D eigenvalue weighted by Crippen LogP contribution is 2.32. The van der Waals surface area contributed by atoms with Crippen molar-refractivity contribution in [3.05, 3.63) is 0 Å². The number of carboxylic acids is 1. The van der Waals surface area contributed by atoms with Crippen LogP contribution in [0.4, 0.5) is 0 Å². The maximum absolute atomic E-state index is 11.4. The van der Waals surface area contributed by atoms with Crippen LogP contribution in [0.25, 0.3) is 0 Å². The second-order valence-electron chi connectivity index (χ2n) is 5.65. The van der Waals surface area contributed by atoms with Crippen molar-refractivity contribution >= 4 is 5.97 Å². The molecule has 2 N–H and O–H groups in total. The molecule has 0 radical (unpaired) electrons. The highest BCUT2D eigenvalue weighted by atomic mass is 16.4. The standard InChI is InChI=1S/C13H26N2O2/c1-11-5-7-13(8-6-11,12(16)17)14-9-4-10-15(2)3/h11,14H,4-10H2,1-3H3,(H,16,17). The fourth-order valence-electron chi connectivity index (χ4n) is 2.44. The Kier molecular flexibility index (Phi) is 5.40. The van der Waals surface area contributed by atoms with Crippen molar-refractivity contribution in [2.45, 2.75) is 44.6 Å². The molecular weight excluding hydrogens is 216 g/mol. The molecule has 1 saturated carbocycles. The Morgan fingerprint density at radius 2 is 2.00 bits per heavy atom. The fraction of sp³-hybridized carbons (Fsp3) is 0.923. The molecule has 0 unspecified atom stereocenters. The van der Waals surface area contributed by atoms with E-state index in [4.69, 9.17) is 0 Å². The molecule has 17 heavy (non-hydrogen) atoms. The van der Waals surface area contributed by atoms with Gasteiger partial charge in [0.25, 0.3) is 0 Å². The van der Waals surface area contributed by atoms with Gasteiger partial charge in [-0.05, 0) is 65.2 Å². The van der Waals surface area contributed by atoms with Gasteiger partial charge in [-0.25, -0.2) is 0 Å². The van der Waals surface area contributed by atoms with E-state index in [0.29, 0.717) is 5.92 Å². The van der Waals surface area contributed by atoms with Crippen LogP contribution in [0.15, 0.2) is 0 Å². The number of aliphatic carboxylic acids is 1. The second kappa shape index (κ2) is 6.36. The molecule has 100 valence electrons. The Hall–Kier alpha value is -0.610. The smallest absolute Gasteiger partial charge is 0.323 e. The van der Waals surface area contributed by atoms with Gasteiger partial charge >= 0.3 is 5.97 Å². The Morgan fingerprint density at radius 3 is 2.47 bits per heavy atom. The molecule has 0 atom stereocenters. The van der Waals surface area contributed by atoms with Crippen molar-refractivity contribution < 1.29 is 9.90 Å². The van der Waals surface area contributed by atoms with E-state index in [9.17, 15) is 9.90 Å². The summed E-state index contributed by atoms with van der Waals surface area (Å²) in [7, 11) is 4.07. The molecule has 0 spiro atoms. The van der Waals surface area contributed by atoms with Crippen LogP contribution in [-0.4, -0.2) is 48.7 Å².